The number of benzene rings is 1. The van der Waals surface area contributed by atoms with Gasteiger partial charge in [-0.1, -0.05) is 31.3 Å². The summed E-state index contributed by atoms with van der Waals surface area (Å²) < 4.78 is 33.3. The molecule has 160 valence electrons. The first-order valence-electron chi connectivity index (χ1n) is 10.5. The molecular formula is C21H30N2O5S. The molecule has 0 aliphatic heterocycles. The second kappa shape index (κ2) is 7.47. The predicted molar refractivity (Wildman–Crippen MR) is 110 cm³/mol. The highest BCUT2D eigenvalue weighted by Crippen LogP contribution is 2.61. The van der Waals surface area contributed by atoms with Crippen molar-refractivity contribution in [3.8, 4) is 11.5 Å². The van der Waals surface area contributed by atoms with E-state index in [1.165, 1.54) is 45.6 Å². The molecule has 3 unspecified atom stereocenters. The third-order valence-electron chi connectivity index (χ3n) is 7.72. The SMILES string of the molecule is CC[C@@]12CCCCC1C1C/C(=N/O)c3cc(OS(N)(=O)=O)c(OC)cc3C1CC2. The molecule has 1 aromatic rings. The molecule has 0 amide bonds. The Morgan fingerprint density at radius 2 is 2.03 bits per heavy atom. The highest BCUT2D eigenvalue weighted by atomic mass is 32.2. The van der Waals surface area contributed by atoms with Crippen LogP contribution in [0.5, 0.6) is 11.5 Å². The lowest BCUT2D eigenvalue weighted by molar-refractivity contribution is -0.0142. The van der Waals surface area contributed by atoms with Gasteiger partial charge in [-0.2, -0.15) is 13.6 Å². The van der Waals surface area contributed by atoms with Crippen LogP contribution in [0.2, 0.25) is 0 Å². The third-order valence-corrected chi connectivity index (χ3v) is 8.13. The van der Waals surface area contributed by atoms with Gasteiger partial charge in [-0.05, 0) is 73.0 Å². The summed E-state index contributed by atoms with van der Waals surface area (Å²) in [5.74, 6) is 1.74. The van der Waals surface area contributed by atoms with Crippen LogP contribution in [0.4, 0.5) is 0 Å². The Kier molecular flexibility index (Phi) is 5.27. The van der Waals surface area contributed by atoms with Crippen molar-refractivity contribution in [2.24, 2.45) is 27.5 Å². The van der Waals surface area contributed by atoms with Crippen molar-refractivity contribution in [3.63, 3.8) is 0 Å². The van der Waals surface area contributed by atoms with Crippen LogP contribution in [0, 0.1) is 17.3 Å². The van der Waals surface area contributed by atoms with Crippen LogP contribution in [0.25, 0.3) is 0 Å². The van der Waals surface area contributed by atoms with Crippen LogP contribution in [0.1, 0.15) is 75.3 Å². The third kappa shape index (κ3) is 3.50. The van der Waals surface area contributed by atoms with Gasteiger partial charge in [-0.15, -0.1) is 0 Å². The molecule has 0 radical (unpaired) electrons. The minimum Gasteiger partial charge on any atom is -0.493 e. The van der Waals surface area contributed by atoms with Crippen molar-refractivity contribution in [1.82, 2.24) is 0 Å². The molecule has 3 aliphatic rings. The fourth-order valence-electron chi connectivity index (χ4n) is 6.45. The maximum Gasteiger partial charge on any atom is 0.380 e. The molecular weight excluding hydrogens is 392 g/mol. The quantitative estimate of drug-likeness (QED) is 0.564. The molecule has 4 rings (SSSR count). The number of hydrogen-bond acceptors (Lipinski definition) is 6. The predicted octanol–water partition coefficient (Wildman–Crippen LogP) is 3.94. The Morgan fingerprint density at radius 1 is 1.24 bits per heavy atom. The van der Waals surface area contributed by atoms with Crippen molar-refractivity contribution >= 4 is 16.0 Å². The van der Waals surface area contributed by atoms with E-state index in [4.69, 9.17) is 14.1 Å². The Balaban J connectivity index is 1.80. The van der Waals surface area contributed by atoms with Gasteiger partial charge < -0.3 is 14.1 Å². The van der Waals surface area contributed by atoms with E-state index >= 15 is 0 Å². The molecule has 8 heteroatoms. The number of hydrogen-bond donors (Lipinski definition) is 2. The largest absolute Gasteiger partial charge is 0.493 e. The Bertz CT molecular complexity index is 929. The van der Waals surface area contributed by atoms with E-state index in [2.05, 4.69) is 12.1 Å². The molecule has 0 heterocycles. The zero-order valence-electron chi connectivity index (χ0n) is 17.1. The van der Waals surface area contributed by atoms with Crippen LogP contribution in [0.15, 0.2) is 17.3 Å². The lowest BCUT2D eigenvalue weighted by Crippen LogP contribution is -2.46. The normalized spacial score (nSPS) is 32.8. The lowest BCUT2D eigenvalue weighted by atomic mass is 9.49. The maximum atomic E-state index is 11.5. The molecule has 0 aromatic heterocycles. The molecule has 0 bridgehead atoms. The van der Waals surface area contributed by atoms with Crippen molar-refractivity contribution in [2.45, 2.75) is 64.2 Å². The second-order valence-corrected chi connectivity index (χ2v) is 9.95. The summed E-state index contributed by atoms with van der Waals surface area (Å²) >= 11 is 0. The molecule has 0 spiro atoms. The summed E-state index contributed by atoms with van der Waals surface area (Å²) in [5, 5.41) is 18.4. The molecule has 3 aliphatic carbocycles. The summed E-state index contributed by atoms with van der Waals surface area (Å²) in [6.07, 6.45) is 9.27. The van der Waals surface area contributed by atoms with Gasteiger partial charge in [-0.25, -0.2) is 0 Å². The standard InChI is InChI=1S/C21H30N2O5S/c1-3-21-8-5-4-6-17(21)15-10-18(23-24)16-12-20(28-29(22,25)26)19(27-2)11-14(16)13(15)7-9-21/h11-13,15,17,24H,3-10H2,1-2H3,(H2,22,25,26)/b23-18-/t13?,15?,17?,21-/m0/s1. The average molecular weight is 423 g/mol. The highest BCUT2D eigenvalue weighted by Gasteiger charge is 2.51. The van der Waals surface area contributed by atoms with Gasteiger partial charge in [0.15, 0.2) is 11.5 Å². The molecule has 0 saturated heterocycles. The lowest BCUT2D eigenvalue weighted by Gasteiger charge is -2.55. The molecule has 2 saturated carbocycles. The number of methoxy groups -OCH3 is 1. The molecule has 3 N–H and O–H groups in total. The van der Waals surface area contributed by atoms with Crippen LogP contribution in [0.3, 0.4) is 0 Å². The summed E-state index contributed by atoms with van der Waals surface area (Å²) in [5.41, 5.74) is 2.77. The Morgan fingerprint density at radius 3 is 2.69 bits per heavy atom. The van der Waals surface area contributed by atoms with Crippen molar-refractivity contribution in [1.29, 1.82) is 0 Å². The number of rotatable bonds is 4. The van der Waals surface area contributed by atoms with E-state index in [1.54, 1.807) is 6.07 Å². The monoisotopic (exact) mass is 422 g/mol. The number of ether oxygens (including phenoxy) is 1. The summed E-state index contributed by atoms with van der Waals surface area (Å²) in [6.45, 7) is 2.32. The zero-order chi connectivity index (χ0) is 20.8. The Labute approximate surface area is 172 Å². The number of oxime groups is 1. The number of fused-ring (bicyclic) bond motifs is 5. The molecule has 4 atom stereocenters. The van der Waals surface area contributed by atoms with E-state index in [9.17, 15) is 13.6 Å². The van der Waals surface area contributed by atoms with Crippen LogP contribution >= 0.6 is 0 Å². The molecule has 7 nitrogen and oxygen atoms in total. The van der Waals surface area contributed by atoms with Gasteiger partial charge in [0.1, 0.15) is 0 Å². The minimum atomic E-state index is -4.19. The smallest absolute Gasteiger partial charge is 0.380 e. The van der Waals surface area contributed by atoms with Crippen molar-refractivity contribution < 1.29 is 22.5 Å². The van der Waals surface area contributed by atoms with Gasteiger partial charge in [0.05, 0.1) is 12.8 Å². The highest BCUT2D eigenvalue weighted by molar-refractivity contribution is 7.84. The van der Waals surface area contributed by atoms with E-state index < -0.39 is 10.3 Å². The first-order valence-corrected chi connectivity index (χ1v) is 11.9. The molecule has 2 fully saturated rings. The van der Waals surface area contributed by atoms with Gasteiger partial charge in [0.25, 0.3) is 0 Å². The number of nitrogens with two attached hydrogens (primary N) is 1. The van der Waals surface area contributed by atoms with Gasteiger partial charge in [0, 0.05) is 5.56 Å². The summed E-state index contributed by atoms with van der Waals surface area (Å²) in [4.78, 5) is 0. The average Bonchev–Trinajstić information content (AvgIpc) is 2.71. The van der Waals surface area contributed by atoms with E-state index in [0.29, 0.717) is 41.1 Å². The van der Waals surface area contributed by atoms with Crippen molar-refractivity contribution in [3.05, 3.63) is 23.3 Å². The van der Waals surface area contributed by atoms with Gasteiger partial charge in [0.2, 0.25) is 0 Å². The van der Waals surface area contributed by atoms with E-state index in [-0.39, 0.29) is 5.75 Å². The molecule has 29 heavy (non-hydrogen) atoms. The van der Waals surface area contributed by atoms with Crippen LogP contribution < -0.4 is 14.1 Å². The number of nitrogens with zero attached hydrogens (tertiary/aromatic N) is 1. The van der Waals surface area contributed by atoms with Crippen molar-refractivity contribution in [2.75, 3.05) is 7.11 Å². The fraction of sp³-hybridized carbons (Fsp3) is 0.667. The second-order valence-electron chi connectivity index (χ2n) is 8.79. The van der Waals surface area contributed by atoms with Crippen LogP contribution in [-0.4, -0.2) is 26.4 Å². The maximum absolute atomic E-state index is 11.5. The van der Waals surface area contributed by atoms with Crippen LogP contribution in [-0.2, 0) is 10.3 Å². The zero-order valence-corrected chi connectivity index (χ0v) is 17.9. The molecule has 1 aromatic carbocycles. The fourth-order valence-corrected chi connectivity index (χ4v) is 6.83. The Hall–Kier alpha value is -1.80. The first kappa shape index (κ1) is 20.5. The van der Waals surface area contributed by atoms with E-state index in [0.717, 1.165) is 17.5 Å². The summed E-state index contributed by atoms with van der Waals surface area (Å²) in [6, 6.07) is 3.44. The first-order chi connectivity index (χ1) is 13.8. The topological polar surface area (TPSA) is 111 Å². The minimum absolute atomic E-state index is 0.0183. The van der Waals surface area contributed by atoms with Gasteiger partial charge >= 0.3 is 10.3 Å². The van der Waals surface area contributed by atoms with Gasteiger partial charge in [-0.3, -0.25) is 0 Å². The summed E-state index contributed by atoms with van der Waals surface area (Å²) in [7, 11) is -2.72. The van der Waals surface area contributed by atoms with E-state index in [1.807, 2.05) is 6.07 Å².